The Morgan fingerprint density at radius 1 is 1.14 bits per heavy atom. The third-order valence-electron chi connectivity index (χ3n) is 7.96. The van der Waals surface area contributed by atoms with Gasteiger partial charge in [0, 0.05) is 0 Å². The molecule has 2 N–H and O–H groups in total. The number of ether oxygens (including phenoxy) is 1. The zero-order valence-electron chi connectivity index (χ0n) is 22.9. The van der Waals surface area contributed by atoms with Crippen molar-refractivity contribution in [3.05, 3.63) is 23.4 Å². The molecule has 1 saturated heterocycles. The minimum absolute atomic E-state index is 0.00906. The van der Waals surface area contributed by atoms with Crippen LogP contribution in [0.1, 0.15) is 58.3 Å². The fourth-order valence-corrected chi connectivity index (χ4v) is 7.00. The Balaban J connectivity index is 2.13. The van der Waals surface area contributed by atoms with Crippen molar-refractivity contribution in [1.29, 1.82) is 0 Å². The highest BCUT2D eigenvalue weighted by Crippen LogP contribution is 2.50. The van der Waals surface area contributed by atoms with Gasteiger partial charge in [-0.2, -0.15) is 8.42 Å². The first-order valence-corrected chi connectivity index (χ1v) is 19.2. The summed E-state index contributed by atoms with van der Waals surface area (Å²) in [5.74, 6) is -0.750. The first kappa shape index (κ1) is 29.1. The average Bonchev–Trinajstić information content (AvgIpc) is 3.36. The van der Waals surface area contributed by atoms with E-state index in [1.807, 2.05) is 13.1 Å². The Hall–Kier alpha value is -1.43. The van der Waals surface area contributed by atoms with Gasteiger partial charge in [-0.3, -0.25) is 8.98 Å². The average molecular weight is 561 g/mol. The number of hydrogen-bond donors (Lipinski definition) is 1. The molecule has 2 aliphatic heterocycles. The van der Waals surface area contributed by atoms with Crippen LogP contribution in [-0.2, 0) is 27.9 Å². The zero-order valence-corrected chi connectivity index (χ0v) is 25.7. The van der Waals surface area contributed by atoms with Gasteiger partial charge >= 0.3 is 0 Å². The first-order chi connectivity index (χ1) is 16.1. The number of rotatable bonds is 7. The van der Waals surface area contributed by atoms with E-state index in [2.05, 4.69) is 64.9 Å². The van der Waals surface area contributed by atoms with Gasteiger partial charge in [-0.15, -0.1) is 5.10 Å². The van der Waals surface area contributed by atoms with Gasteiger partial charge in [0.25, 0.3) is 16.0 Å². The summed E-state index contributed by atoms with van der Waals surface area (Å²) in [6.45, 7) is 20.9. The lowest BCUT2D eigenvalue weighted by molar-refractivity contribution is -0.0589. The molecule has 3 heterocycles. The Bertz CT molecular complexity index is 1140. The van der Waals surface area contributed by atoms with E-state index in [4.69, 9.17) is 23.5 Å². The molecule has 11 nitrogen and oxygen atoms in total. The molecule has 36 heavy (non-hydrogen) atoms. The lowest BCUT2D eigenvalue weighted by Gasteiger charge is -2.43. The number of carbonyl (C=O) groups is 1. The molecule has 1 aromatic heterocycles. The van der Waals surface area contributed by atoms with Crippen LogP contribution in [0.3, 0.4) is 0 Å². The van der Waals surface area contributed by atoms with Gasteiger partial charge in [0.2, 0.25) is 0 Å². The molecule has 4 atom stereocenters. The summed E-state index contributed by atoms with van der Waals surface area (Å²) in [6, 6.07) is 0. The fraction of sp³-hybridized carbons (Fsp3) is 0.773. The summed E-state index contributed by atoms with van der Waals surface area (Å²) in [5, 5.41) is 8.61. The molecular formula is C22H40N4O7SSi2. The first-order valence-electron chi connectivity index (χ1n) is 12.0. The molecule has 3 rings (SSSR count). The van der Waals surface area contributed by atoms with Crippen LogP contribution in [0.4, 0.5) is 0 Å². The van der Waals surface area contributed by atoms with Crippen molar-refractivity contribution in [1.82, 2.24) is 15.0 Å². The lowest BCUT2D eigenvalue weighted by Crippen LogP contribution is -2.56. The van der Waals surface area contributed by atoms with Crippen molar-refractivity contribution in [3.63, 3.8) is 0 Å². The molecule has 0 saturated carbocycles. The molecule has 0 aliphatic carbocycles. The maximum atomic E-state index is 12.6. The summed E-state index contributed by atoms with van der Waals surface area (Å²) in [7, 11) is -8.77. The Kier molecular flexibility index (Phi) is 7.36. The van der Waals surface area contributed by atoms with Gasteiger partial charge in [-0.05, 0) is 42.3 Å². The maximum absolute atomic E-state index is 12.6. The van der Waals surface area contributed by atoms with Crippen molar-refractivity contribution < 1.29 is 31.0 Å². The van der Waals surface area contributed by atoms with Crippen LogP contribution < -0.4 is 5.73 Å². The van der Waals surface area contributed by atoms with E-state index >= 15 is 0 Å². The van der Waals surface area contributed by atoms with Gasteiger partial charge in [0.1, 0.15) is 17.9 Å². The van der Waals surface area contributed by atoms with Crippen LogP contribution in [0.25, 0.3) is 0 Å². The molecule has 0 aromatic carbocycles. The van der Waals surface area contributed by atoms with E-state index in [0.29, 0.717) is 0 Å². The Labute approximate surface area is 216 Å². The number of carbonyl (C=O) groups excluding carboxylic acids is 1. The summed E-state index contributed by atoms with van der Waals surface area (Å²) in [6.07, 6.45) is -0.163. The van der Waals surface area contributed by atoms with Crippen LogP contribution in [-0.4, -0.2) is 70.4 Å². The summed E-state index contributed by atoms with van der Waals surface area (Å²) in [5.41, 5.74) is 4.05. The minimum Gasteiger partial charge on any atom is -0.414 e. The Morgan fingerprint density at radius 3 is 2.19 bits per heavy atom. The predicted octanol–water partition coefficient (Wildman–Crippen LogP) is 3.30. The van der Waals surface area contributed by atoms with Crippen LogP contribution >= 0.6 is 0 Å². The van der Waals surface area contributed by atoms with Crippen molar-refractivity contribution in [2.75, 3.05) is 6.61 Å². The van der Waals surface area contributed by atoms with Crippen molar-refractivity contribution in [3.8, 4) is 0 Å². The second kappa shape index (κ2) is 9.10. The Morgan fingerprint density at radius 2 is 1.72 bits per heavy atom. The number of aromatic nitrogens is 3. The van der Waals surface area contributed by atoms with Crippen LogP contribution in [0.15, 0.2) is 17.7 Å². The van der Waals surface area contributed by atoms with E-state index in [0.717, 1.165) is 5.41 Å². The van der Waals surface area contributed by atoms with E-state index in [1.54, 1.807) is 0 Å². The van der Waals surface area contributed by atoms with Gasteiger partial charge in [0.15, 0.2) is 28.5 Å². The van der Waals surface area contributed by atoms with Crippen molar-refractivity contribution >= 4 is 32.7 Å². The number of primary amides is 1. The molecule has 1 amide bonds. The topological polar surface area (TPSA) is 145 Å². The smallest absolute Gasteiger partial charge is 0.290 e. The van der Waals surface area contributed by atoms with E-state index in [9.17, 15) is 13.2 Å². The van der Waals surface area contributed by atoms with Crippen molar-refractivity contribution in [2.24, 2.45) is 5.73 Å². The SMILES string of the molecule is CC(C)(C)[Si](C)(C)OCC1OC(n2nncc2C(N)=O)C(O[Si](C)(C)C(C)(C)C)C12C=CS(=O)(=O)O2. The number of nitrogens with zero attached hydrogens (tertiary/aromatic N) is 3. The predicted molar refractivity (Wildman–Crippen MR) is 140 cm³/mol. The molecule has 2 aliphatic rings. The third-order valence-corrected chi connectivity index (χ3v) is 17.9. The highest BCUT2D eigenvalue weighted by atomic mass is 32.2. The lowest BCUT2D eigenvalue weighted by atomic mass is 9.92. The molecular weight excluding hydrogens is 521 g/mol. The molecule has 1 spiro atoms. The highest BCUT2D eigenvalue weighted by Gasteiger charge is 2.64. The normalized spacial score (nSPS) is 28.8. The molecule has 14 heteroatoms. The monoisotopic (exact) mass is 560 g/mol. The number of hydrogen-bond acceptors (Lipinski definition) is 9. The standard InChI is InChI=1S/C22H40N4O7SSi2/c1-20(2,3)35(7,8)30-14-16-22(11-12-34(28,29)33-22)17(32-36(9,10)21(4,5)6)19(31-16)26-15(18(23)27)13-24-25-26/h11-13,16-17,19H,14H2,1-10H3,(H2,23,27). The second-order valence-electron chi connectivity index (χ2n) is 12.5. The fourth-order valence-electron chi connectivity index (χ4n) is 3.61. The van der Waals surface area contributed by atoms with Crippen LogP contribution in [0.2, 0.25) is 36.3 Å². The van der Waals surface area contributed by atoms with E-state index < -0.39 is 56.7 Å². The molecule has 204 valence electrons. The van der Waals surface area contributed by atoms with Gasteiger partial charge < -0.3 is 19.3 Å². The number of nitrogens with two attached hydrogens (primary N) is 1. The maximum Gasteiger partial charge on any atom is 0.290 e. The second-order valence-corrected chi connectivity index (χ2v) is 23.5. The van der Waals surface area contributed by atoms with E-state index in [-0.39, 0.29) is 22.4 Å². The zero-order chi connectivity index (χ0) is 27.5. The van der Waals surface area contributed by atoms with E-state index in [1.165, 1.54) is 17.0 Å². The van der Waals surface area contributed by atoms with Crippen LogP contribution in [0.5, 0.6) is 0 Å². The number of amides is 1. The molecule has 1 fully saturated rings. The van der Waals surface area contributed by atoms with Gasteiger partial charge in [-0.25, -0.2) is 4.68 Å². The highest BCUT2D eigenvalue weighted by molar-refractivity contribution is 7.90. The van der Waals surface area contributed by atoms with Gasteiger partial charge in [-0.1, -0.05) is 46.8 Å². The van der Waals surface area contributed by atoms with Crippen LogP contribution in [0, 0.1) is 0 Å². The molecule has 4 unspecified atom stereocenters. The summed E-state index contributed by atoms with van der Waals surface area (Å²) < 4.78 is 51.9. The van der Waals surface area contributed by atoms with Crippen molar-refractivity contribution in [2.45, 2.75) is 102 Å². The molecule has 0 bridgehead atoms. The van der Waals surface area contributed by atoms with Gasteiger partial charge in [0.05, 0.1) is 18.2 Å². The molecule has 1 aromatic rings. The summed E-state index contributed by atoms with van der Waals surface area (Å²) in [4.78, 5) is 12.1. The largest absolute Gasteiger partial charge is 0.414 e. The molecule has 0 radical (unpaired) electrons. The third kappa shape index (κ3) is 5.26. The minimum atomic E-state index is -4.00. The quantitative estimate of drug-likeness (QED) is 0.392. The summed E-state index contributed by atoms with van der Waals surface area (Å²) >= 11 is 0.